The summed E-state index contributed by atoms with van der Waals surface area (Å²) in [6.07, 6.45) is 2.66. The Balaban J connectivity index is 1.40. The highest BCUT2D eigenvalue weighted by Gasteiger charge is 2.36. The van der Waals surface area contributed by atoms with Gasteiger partial charge in [0.2, 0.25) is 5.91 Å². The first-order valence-corrected chi connectivity index (χ1v) is 13.4. The average Bonchev–Trinajstić information content (AvgIpc) is 3.18. The predicted molar refractivity (Wildman–Crippen MR) is 137 cm³/mol. The van der Waals surface area contributed by atoms with Crippen molar-refractivity contribution in [3.05, 3.63) is 59.7 Å². The van der Waals surface area contributed by atoms with Crippen LogP contribution in [0.5, 0.6) is 0 Å². The first-order chi connectivity index (χ1) is 16.9. The van der Waals surface area contributed by atoms with Crippen molar-refractivity contribution in [2.45, 2.75) is 44.2 Å². The van der Waals surface area contributed by atoms with E-state index < -0.39 is 24.0 Å². The van der Waals surface area contributed by atoms with Gasteiger partial charge in [-0.15, -0.1) is 0 Å². The lowest BCUT2D eigenvalue weighted by Gasteiger charge is -2.38. The van der Waals surface area contributed by atoms with Gasteiger partial charge in [-0.3, -0.25) is 9.59 Å². The Kier molecular flexibility index (Phi) is 8.00. The number of fused-ring (bicyclic) bond motifs is 3. The number of carboxylic acids is 1. The SMILES string of the molecule is CSCCC(NC(=O)OCC1c2ccccc2-c2ccccc21)C(=O)N1CCC(C(=O)O)CC1C. The second-order valence-electron chi connectivity index (χ2n) is 9.24. The lowest BCUT2D eigenvalue weighted by atomic mass is 9.91. The molecule has 1 aliphatic carbocycles. The zero-order valence-electron chi connectivity index (χ0n) is 20.1. The van der Waals surface area contributed by atoms with E-state index in [2.05, 4.69) is 29.6 Å². The highest BCUT2D eigenvalue weighted by Crippen LogP contribution is 2.44. The Bertz CT molecular complexity index is 1050. The maximum absolute atomic E-state index is 13.3. The maximum Gasteiger partial charge on any atom is 0.407 e. The average molecular weight is 497 g/mol. The van der Waals surface area contributed by atoms with Crippen LogP contribution in [-0.4, -0.2) is 65.2 Å². The standard InChI is InChI=1S/C27H32N2O5S/c1-17-15-18(26(31)32)11-13-29(17)25(30)24(12-14-35-2)28-27(33)34-16-23-21-9-5-3-7-19(21)20-8-4-6-10-22(20)23/h3-10,17-18,23-24H,11-16H2,1-2H3,(H,28,33)(H,31,32). The van der Waals surface area contributed by atoms with Crippen LogP contribution in [0.3, 0.4) is 0 Å². The second kappa shape index (κ2) is 11.2. The van der Waals surface area contributed by atoms with E-state index >= 15 is 0 Å². The van der Waals surface area contributed by atoms with Crippen LogP contribution < -0.4 is 5.32 Å². The number of carboxylic acid groups (broad SMARTS) is 1. The van der Waals surface area contributed by atoms with Crippen LogP contribution in [0.1, 0.15) is 43.2 Å². The molecule has 2 aromatic carbocycles. The number of ether oxygens (including phenoxy) is 1. The molecule has 35 heavy (non-hydrogen) atoms. The molecule has 0 bridgehead atoms. The molecule has 2 amide bonds. The number of thioether (sulfide) groups is 1. The molecule has 0 aromatic heterocycles. The van der Waals surface area contributed by atoms with Crippen LogP contribution in [0.15, 0.2) is 48.5 Å². The molecule has 3 atom stereocenters. The van der Waals surface area contributed by atoms with Gasteiger partial charge in [0.05, 0.1) is 5.92 Å². The number of aliphatic carboxylic acids is 1. The molecule has 1 saturated heterocycles. The van der Waals surface area contributed by atoms with E-state index in [1.54, 1.807) is 16.7 Å². The van der Waals surface area contributed by atoms with Crippen molar-refractivity contribution < 1.29 is 24.2 Å². The summed E-state index contributed by atoms with van der Waals surface area (Å²) in [5.74, 6) is -0.777. The molecule has 3 unspecified atom stereocenters. The molecule has 0 spiro atoms. The number of carbonyl (C=O) groups is 3. The van der Waals surface area contributed by atoms with Gasteiger partial charge in [-0.1, -0.05) is 48.5 Å². The summed E-state index contributed by atoms with van der Waals surface area (Å²) in [7, 11) is 0. The number of benzene rings is 2. The first-order valence-electron chi connectivity index (χ1n) is 12.0. The maximum atomic E-state index is 13.3. The zero-order valence-corrected chi connectivity index (χ0v) is 20.9. The molecular formula is C27H32N2O5S. The van der Waals surface area contributed by atoms with Crippen LogP contribution >= 0.6 is 11.8 Å². The number of piperidine rings is 1. The van der Waals surface area contributed by atoms with E-state index in [9.17, 15) is 19.5 Å². The largest absolute Gasteiger partial charge is 0.481 e. The summed E-state index contributed by atoms with van der Waals surface area (Å²) in [6, 6.07) is 15.4. The van der Waals surface area contributed by atoms with Crippen LogP contribution in [0.4, 0.5) is 4.79 Å². The third-order valence-electron chi connectivity index (χ3n) is 7.05. The number of nitrogens with zero attached hydrogens (tertiary/aromatic N) is 1. The van der Waals surface area contributed by atoms with E-state index in [-0.39, 0.29) is 24.5 Å². The minimum absolute atomic E-state index is 0.0523. The monoisotopic (exact) mass is 496 g/mol. The highest BCUT2D eigenvalue weighted by molar-refractivity contribution is 7.98. The Hall–Kier alpha value is -3.00. The molecule has 2 N–H and O–H groups in total. The lowest BCUT2D eigenvalue weighted by molar-refractivity contribution is -0.148. The Labute approximate surface area is 210 Å². The number of alkyl carbamates (subject to hydrolysis) is 1. The van der Waals surface area contributed by atoms with Gasteiger partial charge in [-0.25, -0.2) is 4.79 Å². The minimum Gasteiger partial charge on any atom is -0.481 e. The molecular weight excluding hydrogens is 464 g/mol. The van der Waals surface area contributed by atoms with E-state index in [1.807, 2.05) is 37.4 Å². The van der Waals surface area contributed by atoms with Crippen LogP contribution in [0.2, 0.25) is 0 Å². The van der Waals surface area contributed by atoms with Gasteiger partial charge in [-0.05, 0) is 60.4 Å². The highest BCUT2D eigenvalue weighted by atomic mass is 32.2. The molecule has 186 valence electrons. The molecule has 0 saturated carbocycles. The number of nitrogens with one attached hydrogen (secondary N) is 1. The van der Waals surface area contributed by atoms with Gasteiger partial charge in [0, 0.05) is 18.5 Å². The van der Waals surface area contributed by atoms with Gasteiger partial charge in [0.1, 0.15) is 12.6 Å². The number of amides is 2. The normalized spacial score (nSPS) is 20.0. The number of hydrogen-bond acceptors (Lipinski definition) is 5. The van der Waals surface area contributed by atoms with E-state index in [0.29, 0.717) is 31.6 Å². The van der Waals surface area contributed by atoms with Gasteiger partial charge < -0.3 is 20.1 Å². The molecule has 7 nitrogen and oxygen atoms in total. The van der Waals surface area contributed by atoms with Crippen molar-refractivity contribution in [3.8, 4) is 11.1 Å². The van der Waals surface area contributed by atoms with Gasteiger partial charge in [0.15, 0.2) is 0 Å². The van der Waals surface area contributed by atoms with Crippen molar-refractivity contribution in [1.82, 2.24) is 10.2 Å². The second-order valence-corrected chi connectivity index (χ2v) is 10.2. The van der Waals surface area contributed by atoms with Crippen molar-refractivity contribution in [3.63, 3.8) is 0 Å². The van der Waals surface area contributed by atoms with Gasteiger partial charge >= 0.3 is 12.1 Å². The summed E-state index contributed by atoms with van der Waals surface area (Å²) in [4.78, 5) is 39.2. The molecule has 1 heterocycles. The predicted octanol–water partition coefficient (Wildman–Crippen LogP) is 4.36. The van der Waals surface area contributed by atoms with Gasteiger partial charge in [-0.2, -0.15) is 11.8 Å². The van der Waals surface area contributed by atoms with E-state index in [4.69, 9.17) is 4.74 Å². The third-order valence-corrected chi connectivity index (χ3v) is 7.70. The molecule has 2 aliphatic rings. The Morgan fingerprint density at radius 1 is 1.11 bits per heavy atom. The summed E-state index contributed by atoms with van der Waals surface area (Å²) in [6.45, 7) is 2.43. The minimum atomic E-state index is -0.820. The van der Waals surface area contributed by atoms with E-state index in [1.165, 1.54) is 0 Å². The van der Waals surface area contributed by atoms with E-state index in [0.717, 1.165) is 22.3 Å². The summed E-state index contributed by atoms with van der Waals surface area (Å²) >= 11 is 1.60. The number of likely N-dealkylation sites (tertiary alicyclic amines) is 1. The molecule has 2 aromatic rings. The fourth-order valence-corrected chi connectivity index (χ4v) is 5.67. The molecule has 0 radical (unpaired) electrons. The first kappa shape index (κ1) is 25.1. The summed E-state index contributed by atoms with van der Waals surface area (Å²) in [5.41, 5.74) is 4.58. The van der Waals surface area contributed by atoms with Crippen molar-refractivity contribution >= 4 is 29.7 Å². The fourth-order valence-electron chi connectivity index (χ4n) is 5.20. The molecule has 1 aliphatic heterocycles. The molecule has 1 fully saturated rings. The van der Waals surface area contributed by atoms with Crippen LogP contribution in [0, 0.1) is 5.92 Å². The van der Waals surface area contributed by atoms with Gasteiger partial charge in [0.25, 0.3) is 0 Å². The zero-order chi connectivity index (χ0) is 24.9. The Morgan fingerprint density at radius 3 is 2.31 bits per heavy atom. The molecule has 8 heteroatoms. The summed E-state index contributed by atoms with van der Waals surface area (Å²) in [5, 5.41) is 12.1. The number of rotatable bonds is 8. The topological polar surface area (TPSA) is 95.9 Å². The number of hydrogen-bond donors (Lipinski definition) is 2. The third kappa shape index (κ3) is 5.48. The quantitative estimate of drug-likeness (QED) is 0.564. The summed E-state index contributed by atoms with van der Waals surface area (Å²) < 4.78 is 5.66. The van der Waals surface area contributed by atoms with Crippen molar-refractivity contribution in [1.29, 1.82) is 0 Å². The van der Waals surface area contributed by atoms with Crippen LogP contribution in [-0.2, 0) is 14.3 Å². The lowest BCUT2D eigenvalue weighted by Crippen LogP contribution is -2.54. The fraction of sp³-hybridized carbons (Fsp3) is 0.444. The van der Waals surface area contributed by atoms with Crippen LogP contribution in [0.25, 0.3) is 11.1 Å². The smallest absolute Gasteiger partial charge is 0.407 e. The van der Waals surface area contributed by atoms with Crippen molar-refractivity contribution in [2.75, 3.05) is 25.2 Å². The van der Waals surface area contributed by atoms with Crippen molar-refractivity contribution in [2.24, 2.45) is 5.92 Å². The molecule has 4 rings (SSSR count). The Morgan fingerprint density at radius 2 is 1.74 bits per heavy atom. The number of carbonyl (C=O) groups excluding carboxylic acids is 2.